The number of rotatable bonds is 5. The van der Waals surface area contributed by atoms with Crippen LogP contribution in [0.3, 0.4) is 0 Å². The molecule has 0 bridgehead atoms. The van der Waals surface area contributed by atoms with Crippen molar-refractivity contribution in [3.05, 3.63) is 62.1 Å². The Labute approximate surface area is 149 Å². The molecule has 0 aliphatic carbocycles. The van der Waals surface area contributed by atoms with Crippen molar-refractivity contribution >= 4 is 46.5 Å². The molecule has 0 atom stereocenters. The Bertz CT molecular complexity index is 842. The van der Waals surface area contributed by atoms with Crippen LogP contribution >= 0.6 is 23.2 Å². The van der Waals surface area contributed by atoms with Crippen LogP contribution in [0.25, 0.3) is 0 Å². The van der Waals surface area contributed by atoms with Gasteiger partial charge in [0.25, 0.3) is 11.6 Å². The van der Waals surface area contributed by atoms with Gasteiger partial charge in [0, 0.05) is 12.1 Å². The highest BCUT2D eigenvalue weighted by atomic mass is 35.5. The lowest BCUT2D eigenvalue weighted by molar-refractivity contribution is -0.384. The van der Waals surface area contributed by atoms with Gasteiger partial charge < -0.3 is 10.1 Å². The molecule has 25 heavy (non-hydrogen) atoms. The molecular formula is C14H8Cl2FN3O5. The van der Waals surface area contributed by atoms with E-state index in [9.17, 15) is 24.1 Å². The molecule has 0 saturated carbocycles. The maximum atomic E-state index is 13.6. The normalized spacial score (nSPS) is 10.2. The molecule has 8 nitrogen and oxygen atoms in total. The molecule has 0 spiro atoms. The van der Waals surface area contributed by atoms with E-state index in [4.69, 9.17) is 27.9 Å². The van der Waals surface area contributed by atoms with Crippen molar-refractivity contribution in [3.63, 3.8) is 0 Å². The van der Waals surface area contributed by atoms with Gasteiger partial charge in [0.15, 0.2) is 6.61 Å². The van der Waals surface area contributed by atoms with E-state index in [0.717, 1.165) is 18.2 Å². The van der Waals surface area contributed by atoms with Crippen LogP contribution in [0.5, 0.6) is 0 Å². The molecule has 11 heteroatoms. The zero-order valence-corrected chi connectivity index (χ0v) is 13.7. The Kier molecular flexibility index (Phi) is 5.84. The Morgan fingerprint density at radius 3 is 2.48 bits per heavy atom. The van der Waals surface area contributed by atoms with Gasteiger partial charge in [-0.1, -0.05) is 23.2 Å². The second kappa shape index (κ2) is 7.86. The minimum atomic E-state index is -0.902. The van der Waals surface area contributed by atoms with E-state index in [1.165, 1.54) is 12.1 Å². The summed E-state index contributed by atoms with van der Waals surface area (Å²) in [5, 5.41) is 12.6. The molecule has 1 aromatic carbocycles. The van der Waals surface area contributed by atoms with Gasteiger partial charge in [0.2, 0.25) is 0 Å². The first-order valence-corrected chi connectivity index (χ1v) is 7.26. The summed E-state index contributed by atoms with van der Waals surface area (Å²) in [5.41, 5.74) is -0.848. The van der Waals surface area contributed by atoms with Gasteiger partial charge in [0.05, 0.1) is 16.2 Å². The zero-order chi connectivity index (χ0) is 18.6. The molecule has 130 valence electrons. The molecular weight excluding hydrogens is 380 g/mol. The zero-order valence-electron chi connectivity index (χ0n) is 12.2. The minimum absolute atomic E-state index is 0.0284. The molecule has 0 saturated heterocycles. The Hall–Kier alpha value is -2.78. The van der Waals surface area contributed by atoms with Crippen molar-refractivity contribution in [3.8, 4) is 0 Å². The molecule has 0 radical (unpaired) electrons. The summed E-state index contributed by atoms with van der Waals surface area (Å²) >= 11 is 11.3. The molecule has 0 unspecified atom stereocenters. The number of halogens is 3. The standard InChI is InChI=1S/C14H8Cl2FN3O5/c15-11-3-7(4-12(16)19-11)14(22)25-6-13(21)18-10-5-8(20(23)24)1-2-9(10)17/h1-5H,6H2,(H,18,21). The maximum Gasteiger partial charge on any atom is 0.338 e. The number of nitro benzene ring substituents is 1. The van der Waals surface area contributed by atoms with Crippen molar-refractivity contribution in [2.45, 2.75) is 0 Å². The van der Waals surface area contributed by atoms with Crippen LogP contribution in [0, 0.1) is 15.9 Å². The first kappa shape index (κ1) is 18.6. The van der Waals surface area contributed by atoms with Crippen LogP contribution in [-0.2, 0) is 9.53 Å². The molecule has 1 amide bonds. The highest BCUT2D eigenvalue weighted by molar-refractivity contribution is 6.32. The molecule has 2 rings (SSSR count). The number of pyridine rings is 1. The monoisotopic (exact) mass is 387 g/mol. The third-order valence-corrected chi connectivity index (χ3v) is 3.15. The van der Waals surface area contributed by atoms with Crippen LogP contribution in [0.2, 0.25) is 10.3 Å². The van der Waals surface area contributed by atoms with Gasteiger partial charge in [0.1, 0.15) is 16.1 Å². The molecule has 0 aliphatic heterocycles. The number of ether oxygens (including phenoxy) is 1. The summed E-state index contributed by atoms with van der Waals surface area (Å²) in [6.45, 7) is -0.751. The average Bonchev–Trinajstić information content (AvgIpc) is 2.53. The average molecular weight is 388 g/mol. The van der Waals surface area contributed by atoms with E-state index in [1.807, 2.05) is 0 Å². The number of carbonyl (C=O) groups excluding carboxylic acids is 2. The maximum absolute atomic E-state index is 13.6. The van der Waals surface area contributed by atoms with Gasteiger partial charge >= 0.3 is 5.97 Å². The second-order valence-electron chi connectivity index (χ2n) is 4.55. The van der Waals surface area contributed by atoms with Gasteiger partial charge in [-0.3, -0.25) is 14.9 Å². The summed E-state index contributed by atoms with van der Waals surface area (Å²) in [6.07, 6.45) is 0. The topological polar surface area (TPSA) is 111 Å². The number of amides is 1. The third-order valence-electron chi connectivity index (χ3n) is 2.77. The van der Waals surface area contributed by atoms with Gasteiger partial charge in [-0.15, -0.1) is 0 Å². The van der Waals surface area contributed by atoms with Crippen molar-refractivity contribution < 1.29 is 23.6 Å². The lowest BCUT2D eigenvalue weighted by atomic mass is 10.2. The Morgan fingerprint density at radius 1 is 1.24 bits per heavy atom. The van der Waals surface area contributed by atoms with Gasteiger partial charge in [-0.05, 0) is 18.2 Å². The van der Waals surface area contributed by atoms with E-state index < -0.39 is 40.6 Å². The highest BCUT2D eigenvalue weighted by Crippen LogP contribution is 2.21. The van der Waals surface area contributed by atoms with E-state index in [-0.39, 0.29) is 15.9 Å². The summed E-state index contributed by atoms with van der Waals surface area (Å²) in [6, 6.07) is 5.00. The predicted octanol–water partition coefficient (Wildman–Crippen LogP) is 3.23. The highest BCUT2D eigenvalue weighted by Gasteiger charge is 2.16. The van der Waals surface area contributed by atoms with Crippen LogP contribution in [-0.4, -0.2) is 28.4 Å². The van der Waals surface area contributed by atoms with Crippen LogP contribution in [0.1, 0.15) is 10.4 Å². The number of benzene rings is 1. The first-order chi connectivity index (χ1) is 11.8. The van der Waals surface area contributed by atoms with E-state index in [1.54, 1.807) is 0 Å². The number of carbonyl (C=O) groups is 2. The quantitative estimate of drug-likeness (QED) is 0.364. The predicted molar refractivity (Wildman–Crippen MR) is 86.2 cm³/mol. The van der Waals surface area contributed by atoms with Crippen LogP contribution in [0.4, 0.5) is 15.8 Å². The summed E-state index contributed by atoms with van der Waals surface area (Å²) in [7, 11) is 0. The number of hydrogen-bond acceptors (Lipinski definition) is 6. The lowest BCUT2D eigenvalue weighted by Crippen LogP contribution is -2.21. The number of nitrogens with zero attached hydrogens (tertiary/aromatic N) is 2. The SMILES string of the molecule is O=C(COC(=O)c1cc(Cl)nc(Cl)c1)Nc1cc([N+](=O)[O-])ccc1F. The van der Waals surface area contributed by atoms with Crippen molar-refractivity contribution in [1.29, 1.82) is 0 Å². The van der Waals surface area contributed by atoms with Crippen LogP contribution < -0.4 is 5.32 Å². The fourth-order valence-electron chi connectivity index (χ4n) is 1.71. The molecule has 1 aromatic heterocycles. The number of hydrogen-bond donors (Lipinski definition) is 1. The number of nitro groups is 1. The number of nitrogens with one attached hydrogen (secondary N) is 1. The minimum Gasteiger partial charge on any atom is -0.452 e. The summed E-state index contributed by atoms with van der Waals surface area (Å²) < 4.78 is 18.3. The van der Waals surface area contributed by atoms with E-state index in [0.29, 0.717) is 0 Å². The van der Waals surface area contributed by atoms with E-state index in [2.05, 4.69) is 10.3 Å². The van der Waals surface area contributed by atoms with Crippen LogP contribution in [0.15, 0.2) is 30.3 Å². The number of aromatic nitrogens is 1. The van der Waals surface area contributed by atoms with E-state index >= 15 is 0 Å². The Balaban J connectivity index is 2.00. The lowest BCUT2D eigenvalue weighted by Gasteiger charge is -2.08. The molecule has 0 fully saturated rings. The first-order valence-electron chi connectivity index (χ1n) is 6.50. The third kappa shape index (κ3) is 5.10. The van der Waals surface area contributed by atoms with Crippen molar-refractivity contribution in [2.24, 2.45) is 0 Å². The second-order valence-corrected chi connectivity index (χ2v) is 5.32. The largest absolute Gasteiger partial charge is 0.452 e. The summed E-state index contributed by atoms with van der Waals surface area (Å²) in [5.74, 6) is -2.67. The smallest absolute Gasteiger partial charge is 0.338 e. The fraction of sp³-hybridized carbons (Fsp3) is 0.0714. The fourth-order valence-corrected chi connectivity index (χ4v) is 2.17. The number of esters is 1. The van der Waals surface area contributed by atoms with Gasteiger partial charge in [-0.25, -0.2) is 14.2 Å². The molecule has 0 aliphatic rings. The molecule has 2 aromatic rings. The Morgan fingerprint density at radius 2 is 1.88 bits per heavy atom. The van der Waals surface area contributed by atoms with Crippen molar-refractivity contribution in [1.82, 2.24) is 4.98 Å². The number of anilines is 1. The van der Waals surface area contributed by atoms with Gasteiger partial charge in [-0.2, -0.15) is 0 Å². The van der Waals surface area contributed by atoms with Crippen molar-refractivity contribution in [2.75, 3.05) is 11.9 Å². The molecule has 1 N–H and O–H groups in total. The summed E-state index contributed by atoms with van der Waals surface area (Å²) in [4.78, 5) is 37.1. The molecule has 1 heterocycles. The number of non-ortho nitro benzene ring substituents is 1.